The summed E-state index contributed by atoms with van der Waals surface area (Å²) in [5.41, 5.74) is 3.36. The number of carbonyl (C=O) groups excluding carboxylic acids is 1. The van der Waals surface area contributed by atoms with Crippen LogP contribution in [0.15, 0.2) is 53.3 Å². The molecule has 4 nitrogen and oxygen atoms in total. The SMILES string of the molecule is Cc1ccc2cc(CCNC(=O)C(C)Cc3ccc(F)cc3)c(=O)[nH]c2c1. The average molecular weight is 366 g/mol. The average Bonchev–Trinajstić information content (AvgIpc) is 2.64. The monoisotopic (exact) mass is 366 g/mol. The second-order valence-corrected chi connectivity index (χ2v) is 6.99. The van der Waals surface area contributed by atoms with Gasteiger partial charge in [-0.1, -0.05) is 31.2 Å². The molecule has 0 saturated heterocycles. The predicted octanol–water partition coefficient (Wildman–Crippen LogP) is 3.51. The standard InChI is InChI=1S/C22H23FN2O2/c1-14-3-6-17-13-18(22(27)25-20(17)11-14)9-10-24-21(26)15(2)12-16-4-7-19(23)8-5-16/h3-8,11,13,15H,9-10,12H2,1-2H3,(H,24,26)(H,25,27). The molecule has 0 radical (unpaired) electrons. The first-order chi connectivity index (χ1) is 12.9. The summed E-state index contributed by atoms with van der Waals surface area (Å²) in [6, 6.07) is 14.0. The number of nitrogens with one attached hydrogen (secondary N) is 2. The lowest BCUT2D eigenvalue weighted by Crippen LogP contribution is -2.32. The van der Waals surface area contributed by atoms with Crippen molar-refractivity contribution < 1.29 is 9.18 Å². The first kappa shape index (κ1) is 18.8. The van der Waals surface area contributed by atoms with Crippen molar-refractivity contribution in [3.8, 4) is 0 Å². The second-order valence-electron chi connectivity index (χ2n) is 6.99. The van der Waals surface area contributed by atoms with E-state index in [1.165, 1.54) is 12.1 Å². The van der Waals surface area contributed by atoms with E-state index < -0.39 is 0 Å². The van der Waals surface area contributed by atoms with Crippen molar-refractivity contribution in [3.05, 3.63) is 81.4 Å². The molecule has 0 saturated carbocycles. The number of carbonyl (C=O) groups is 1. The van der Waals surface area contributed by atoms with E-state index in [1.807, 2.05) is 38.1 Å². The highest BCUT2D eigenvalue weighted by Gasteiger charge is 2.13. The van der Waals surface area contributed by atoms with E-state index >= 15 is 0 Å². The number of hydrogen-bond donors (Lipinski definition) is 2. The molecule has 1 heterocycles. The third-order valence-electron chi connectivity index (χ3n) is 4.67. The number of halogens is 1. The highest BCUT2D eigenvalue weighted by atomic mass is 19.1. The van der Waals surface area contributed by atoms with Gasteiger partial charge in [0.1, 0.15) is 5.82 Å². The van der Waals surface area contributed by atoms with Crippen LogP contribution in [0, 0.1) is 18.7 Å². The highest BCUT2D eigenvalue weighted by Crippen LogP contribution is 2.13. The Bertz CT molecular complexity index is 1010. The highest BCUT2D eigenvalue weighted by molar-refractivity contribution is 5.80. The molecule has 0 aliphatic carbocycles. The van der Waals surface area contributed by atoms with Crippen LogP contribution in [0.3, 0.4) is 0 Å². The molecule has 140 valence electrons. The number of fused-ring (bicyclic) bond motifs is 1. The minimum Gasteiger partial charge on any atom is -0.356 e. The Morgan fingerprint density at radius 1 is 1.15 bits per heavy atom. The molecule has 0 aliphatic heterocycles. The number of benzene rings is 2. The van der Waals surface area contributed by atoms with Crippen molar-refractivity contribution in [3.63, 3.8) is 0 Å². The lowest BCUT2D eigenvalue weighted by atomic mass is 10.0. The molecule has 3 rings (SSSR count). The third kappa shape index (κ3) is 4.82. The van der Waals surface area contributed by atoms with Crippen LogP contribution in [0.5, 0.6) is 0 Å². The Labute approximate surface area is 157 Å². The van der Waals surface area contributed by atoms with Crippen LogP contribution in [0.25, 0.3) is 10.9 Å². The molecule has 0 bridgehead atoms. The van der Waals surface area contributed by atoms with E-state index in [2.05, 4.69) is 10.3 Å². The van der Waals surface area contributed by atoms with Crippen LogP contribution in [0.2, 0.25) is 0 Å². The Morgan fingerprint density at radius 2 is 1.89 bits per heavy atom. The number of aryl methyl sites for hydroxylation is 1. The fourth-order valence-corrected chi connectivity index (χ4v) is 3.11. The number of rotatable bonds is 6. The maximum Gasteiger partial charge on any atom is 0.251 e. The minimum absolute atomic E-state index is 0.0767. The molecule has 2 N–H and O–H groups in total. The zero-order valence-corrected chi connectivity index (χ0v) is 15.5. The topological polar surface area (TPSA) is 62.0 Å². The summed E-state index contributed by atoms with van der Waals surface area (Å²) in [5, 5.41) is 3.86. The van der Waals surface area contributed by atoms with Crippen LogP contribution < -0.4 is 10.9 Å². The number of hydrogen-bond acceptors (Lipinski definition) is 2. The van der Waals surface area contributed by atoms with Crippen molar-refractivity contribution in [1.29, 1.82) is 0 Å². The quantitative estimate of drug-likeness (QED) is 0.701. The zero-order chi connectivity index (χ0) is 19.4. The van der Waals surface area contributed by atoms with E-state index in [0.29, 0.717) is 24.9 Å². The zero-order valence-electron chi connectivity index (χ0n) is 15.5. The first-order valence-electron chi connectivity index (χ1n) is 9.07. The smallest absolute Gasteiger partial charge is 0.251 e. The van der Waals surface area contributed by atoms with Gasteiger partial charge in [0.2, 0.25) is 5.91 Å². The predicted molar refractivity (Wildman–Crippen MR) is 105 cm³/mol. The molecule has 27 heavy (non-hydrogen) atoms. The Kier molecular flexibility index (Phi) is 5.69. The van der Waals surface area contributed by atoms with Gasteiger partial charge in [-0.2, -0.15) is 0 Å². The fraction of sp³-hybridized carbons (Fsp3) is 0.273. The summed E-state index contributed by atoms with van der Waals surface area (Å²) in [4.78, 5) is 27.4. The van der Waals surface area contributed by atoms with Crippen LogP contribution in [0.1, 0.15) is 23.6 Å². The maximum atomic E-state index is 13.0. The number of H-pyrrole nitrogens is 1. The molecule has 0 aliphatic rings. The summed E-state index contributed by atoms with van der Waals surface area (Å²) in [6.07, 6.45) is 1.01. The van der Waals surface area contributed by atoms with Crippen molar-refractivity contribution in [2.24, 2.45) is 5.92 Å². The molecule has 1 atom stereocenters. The van der Waals surface area contributed by atoms with Gasteiger partial charge < -0.3 is 10.3 Å². The molecule has 1 amide bonds. The van der Waals surface area contributed by atoms with Crippen molar-refractivity contribution >= 4 is 16.8 Å². The van der Waals surface area contributed by atoms with E-state index in [1.54, 1.807) is 12.1 Å². The van der Waals surface area contributed by atoms with Crippen molar-refractivity contribution in [1.82, 2.24) is 10.3 Å². The summed E-state index contributed by atoms with van der Waals surface area (Å²) in [5.74, 6) is -0.591. The van der Waals surface area contributed by atoms with Gasteiger partial charge in [0, 0.05) is 23.5 Å². The largest absolute Gasteiger partial charge is 0.356 e. The van der Waals surface area contributed by atoms with E-state index in [-0.39, 0.29) is 23.2 Å². The molecule has 1 aromatic heterocycles. The Balaban J connectivity index is 1.57. The molecular weight excluding hydrogens is 343 g/mol. The van der Waals surface area contributed by atoms with Gasteiger partial charge in [-0.15, -0.1) is 0 Å². The molecule has 2 aromatic carbocycles. The molecule has 0 fully saturated rings. The van der Waals surface area contributed by atoms with Gasteiger partial charge in [0.15, 0.2) is 0 Å². The fourth-order valence-electron chi connectivity index (χ4n) is 3.11. The van der Waals surface area contributed by atoms with Crippen LogP contribution >= 0.6 is 0 Å². The molecule has 0 spiro atoms. The van der Waals surface area contributed by atoms with Crippen LogP contribution in [0.4, 0.5) is 4.39 Å². The molecular formula is C22H23FN2O2. The Morgan fingerprint density at radius 3 is 2.63 bits per heavy atom. The van der Waals surface area contributed by atoms with Crippen LogP contribution in [-0.4, -0.2) is 17.4 Å². The number of pyridine rings is 1. The van der Waals surface area contributed by atoms with Gasteiger partial charge >= 0.3 is 0 Å². The number of aromatic nitrogens is 1. The lowest BCUT2D eigenvalue weighted by molar-refractivity contribution is -0.124. The van der Waals surface area contributed by atoms with E-state index in [4.69, 9.17) is 0 Å². The van der Waals surface area contributed by atoms with Gasteiger partial charge in [-0.3, -0.25) is 9.59 Å². The van der Waals surface area contributed by atoms with Crippen LogP contribution in [-0.2, 0) is 17.6 Å². The van der Waals surface area contributed by atoms with Gasteiger partial charge in [0.25, 0.3) is 5.56 Å². The maximum absolute atomic E-state index is 13.0. The summed E-state index contributed by atoms with van der Waals surface area (Å²) in [6.45, 7) is 4.21. The number of aromatic amines is 1. The summed E-state index contributed by atoms with van der Waals surface area (Å²) < 4.78 is 13.0. The lowest BCUT2D eigenvalue weighted by Gasteiger charge is -2.12. The molecule has 1 unspecified atom stereocenters. The summed E-state index contributed by atoms with van der Waals surface area (Å²) >= 11 is 0. The Hall–Kier alpha value is -2.95. The van der Waals surface area contributed by atoms with Gasteiger partial charge in [-0.05, 0) is 60.5 Å². The molecule has 5 heteroatoms. The minimum atomic E-state index is -0.286. The van der Waals surface area contributed by atoms with E-state index in [0.717, 1.165) is 22.0 Å². The second kappa shape index (κ2) is 8.16. The van der Waals surface area contributed by atoms with Crippen molar-refractivity contribution in [2.45, 2.75) is 26.7 Å². The van der Waals surface area contributed by atoms with Gasteiger partial charge in [-0.25, -0.2) is 4.39 Å². The summed E-state index contributed by atoms with van der Waals surface area (Å²) in [7, 11) is 0. The van der Waals surface area contributed by atoms with Gasteiger partial charge in [0.05, 0.1) is 0 Å². The first-order valence-corrected chi connectivity index (χ1v) is 9.07. The normalized spacial score (nSPS) is 12.1. The number of amides is 1. The van der Waals surface area contributed by atoms with E-state index in [9.17, 15) is 14.0 Å². The van der Waals surface area contributed by atoms with Crippen molar-refractivity contribution in [2.75, 3.05) is 6.54 Å². The third-order valence-corrected chi connectivity index (χ3v) is 4.67. The molecule has 3 aromatic rings.